The van der Waals surface area contributed by atoms with Crippen LogP contribution in [-0.4, -0.2) is 30.0 Å². The van der Waals surface area contributed by atoms with Gasteiger partial charge < -0.3 is 10.2 Å². The Morgan fingerprint density at radius 2 is 2.30 bits per heavy atom. The highest BCUT2D eigenvalue weighted by molar-refractivity contribution is 7.09. The summed E-state index contributed by atoms with van der Waals surface area (Å²) in [6.07, 6.45) is 1.95. The molecule has 0 fully saturated rings. The highest BCUT2D eigenvalue weighted by atomic mass is 32.1. The van der Waals surface area contributed by atoms with Crippen LogP contribution in [0.15, 0.2) is 23.6 Å². The third-order valence-electron chi connectivity index (χ3n) is 4.34. The van der Waals surface area contributed by atoms with Gasteiger partial charge in [-0.1, -0.05) is 13.0 Å². The van der Waals surface area contributed by atoms with Crippen molar-refractivity contribution in [2.45, 2.75) is 39.7 Å². The Hall–Kier alpha value is -1.88. The second-order valence-electron chi connectivity index (χ2n) is 6.14. The molecule has 0 spiro atoms. The van der Waals surface area contributed by atoms with E-state index in [0.717, 1.165) is 30.1 Å². The Labute approximate surface area is 141 Å². The molecule has 0 unspecified atom stereocenters. The minimum absolute atomic E-state index is 0.103. The first-order valence-electron chi connectivity index (χ1n) is 8.16. The van der Waals surface area contributed by atoms with Crippen LogP contribution in [0.25, 0.3) is 11.3 Å². The summed E-state index contributed by atoms with van der Waals surface area (Å²) in [5.74, 6) is 0.103. The van der Waals surface area contributed by atoms with Crippen LogP contribution in [0.1, 0.15) is 30.8 Å². The SMILES string of the molecule is CC[C@@H](C)NC(=O)CN1CCc2cc(-c3csc(C)n3)ccc21. The predicted molar refractivity (Wildman–Crippen MR) is 96.1 cm³/mol. The number of rotatable bonds is 5. The van der Waals surface area contributed by atoms with Gasteiger partial charge in [0, 0.05) is 29.2 Å². The monoisotopic (exact) mass is 329 g/mol. The van der Waals surface area contributed by atoms with Crippen molar-refractivity contribution in [1.29, 1.82) is 0 Å². The molecule has 122 valence electrons. The van der Waals surface area contributed by atoms with E-state index in [9.17, 15) is 4.79 Å². The maximum Gasteiger partial charge on any atom is 0.239 e. The van der Waals surface area contributed by atoms with Crippen molar-refractivity contribution in [1.82, 2.24) is 10.3 Å². The molecule has 1 atom stereocenters. The topological polar surface area (TPSA) is 45.2 Å². The fraction of sp³-hybridized carbons (Fsp3) is 0.444. The molecule has 0 saturated heterocycles. The number of aromatic nitrogens is 1. The number of hydrogen-bond acceptors (Lipinski definition) is 4. The molecule has 0 aliphatic carbocycles. The number of amides is 1. The third kappa shape index (κ3) is 3.55. The number of thiazole rings is 1. The second-order valence-corrected chi connectivity index (χ2v) is 7.21. The van der Waals surface area contributed by atoms with Crippen LogP contribution in [0.5, 0.6) is 0 Å². The summed E-state index contributed by atoms with van der Waals surface area (Å²) in [7, 11) is 0. The van der Waals surface area contributed by atoms with Crippen molar-refractivity contribution in [2.75, 3.05) is 18.0 Å². The quantitative estimate of drug-likeness (QED) is 0.914. The lowest BCUT2D eigenvalue weighted by molar-refractivity contribution is -0.120. The summed E-state index contributed by atoms with van der Waals surface area (Å²) in [6, 6.07) is 6.69. The van der Waals surface area contributed by atoms with Gasteiger partial charge in [-0.25, -0.2) is 4.98 Å². The summed E-state index contributed by atoms with van der Waals surface area (Å²) >= 11 is 1.67. The summed E-state index contributed by atoms with van der Waals surface area (Å²) in [5, 5.41) is 6.23. The van der Waals surface area contributed by atoms with Gasteiger partial charge in [-0.2, -0.15) is 0 Å². The van der Waals surface area contributed by atoms with Gasteiger partial charge in [-0.15, -0.1) is 11.3 Å². The molecule has 1 amide bonds. The van der Waals surface area contributed by atoms with Gasteiger partial charge in [0.25, 0.3) is 0 Å². The Bertz CT molecular complexity index is 710. The fourth-order valence-corrected chi connectivity index (χ4v) is 3.51. The number of nitrogens with one attached hydrogen (secondary N) is 1. The van der Waals surface area contributed by atoms with E-state index in [1.165, 1.54) is 16.8 Å². The number of anilines is 1. The molecule has 2 aromatic rings. The third-order valence-corrected chi connectivity index (χ3v) is 5.11. The Morgan fingerprint density at radius 3 is 3.00 bits per heavy atom. The van der Waals surface area contributed by atoms with Crippen molar-refractivity contribution < 1.29 is 4.79 Å². The second kappa shape index (κ2) is 6.71. The summed E-state index contributed by atoms with van der Waals surface area (Å²) in [5.41, 5.74) is 4.70. The molecule has 0 radical (unpaired) electrons. The minimum Gasteiger partial charge on any atom is -0.362 e. The van der Waals surface area contributed by atoms with E-state index in [4.69, 9.17) is 0 Å². The van der Waals surface area contributed by atoms with Crippen molar-refractivity contribution in [3.05, 3.63) is 34.2 Å². The van der Waals surface area contributed by atoms with Gasteiger partial charge in [0.05, 0.1) is 17.2 Å². The number of carbonyl (C=O) groups excluding carboxylic acids is 1. The van der Waals surface area contributed by atoms with Crippen molar-refractivity contribution >= 4 is 22.9 Å². The first kappa shape index (κ1) is 16.0. The van der Waals surface area contributed by atoms with E-state index in [-0.39, 0.29) is 11.9 Å². The smallest absolute Gasteiger partial charge is 0.239 e. The molecule has 1 aliphatic heterocycles. The van der Waals surface area contributed by atoms with Crippen LogP contribution < -0.4 is 10.2 Å². The van der Waals surface area contributed by atoms with Crippen LogP contribution in [0, 0.1) is 6.92 Å². The highest BCUT2D eigenvalue weighted by Gasteiger charge is 2.22. The average Bonchev–Trinajstić information content (AvgIpc) is 3.13. The number of fused-ring (bicyclic) bond motifs is 1. The van der Waals surface area contributed by atoms with E-state index in [1.54, 1.807) is 11.3 Å². The predicted octanol–water partition coefficient (Wildman–Crippen LogP) is 3.40. The molecule has 0 saturated carbocycles. The zero-order chi connectivity index (χ0) is 16.4. The van der Waals surface area contributed by atoms with Crippen molar-refractivity contribution in [2.24, 2.45) is 0 Å². The molecular weight excluding hydrogens is 306 g/mol. The van der Waals surface area contributed by atoms with Crippen molar-refractivity contribution in [3.63, 3.8) is 0 Å². The van der Waals surface area contributed by atoms with Gasteiger partial charge >= 0.3 is 0 Å². The van der Waals surface area contributed by atoms with Gasteiger partial charge in [-0.3, -0.25) is 4.79 Å². The van der Waals surface area contributed by atoms with Crippen molar-refractivity contribution in [3.8, 4) is 11.3 Å². The van der Waals surface area contributed by atoms with Gasteiger partial charge in [0.15, 0.2) is 0 Å². The maximum absolute atomic E-state index is 12.1. The lowest BCUT2D eigenvalue weighted by atomic mass is 10.1. The Kier molecular flexibility index (Phi) is 4.66. The number of benzene rings is 1. The average molecular weight is 329 g/mol. The normalized spacial score (nSPS) is 14.7. The van der Waals surface area contributed by atoms with Gasteiger partial charge in [0.1, 0.15) is 0 Å². The van der Waals surface area contributed by atoms with E-state index >= 15 is 0 Å². The summed E-state index contributed by atoms with van der Waals surface area (Å²) in [4.78, 5) is 18.8. The largest absolute Gasteiger partial charge is 0.362 e. The first-order chi connectivity index (χ1) is 11.1. The first-order valence-corrected chi connectivity index (χ1v) is 9.04. The number of hydrogen-bond donors (Lipinski definition) is 1. The highest BCUT2D eigenvalue weighted by Crippen LogP contribution is 2.32. The van der Waals surface area contributed by atoms with Crippen LogP contribution >= 0.6 is 11.3 Å². The lowest BCUT2D eigenvalue weighted by Crippen LogP contribution is -2.40. The molecule has 4 nitrogen and oxygen atoms in total. The van der Waals surface area contributed by atoms with E-state index in [0.29, 0.717) is 6.54 Å². The maximum atomic E-state index is 12.1. The van der Waals surface area contributed by atoms with Gasteiger partial charge in [-0.05, 0) is 44.4 Å². The molecule has 3 rings (SSSR count). The summed E-state index contributed by atoms with van der Waals surface area (Å²) < 4.78 is 0. The molecule has 1 aliphatic rings. The molecule has 1 aromatic carbocycles. The Morgan fingerprint density at radius 1 is 1.48 bits per heavy atom. The zero-order valence-electron chi connectivity index (χ0n) is 13.9. The van der Waals surface area contributed by atoms with Crippen LogP contribution in [-0.2, 0) is 11.2 Å². The van der Waals surface area contributed by atoms with Crippen LogP contribution in [0.3, 0.4) is 0 Å². The molecule has 2 heterocycles. The van der Waals surface area contributed by atoms with Crippen LogP contribution in [0.4, 0.5) is 5.69 Å². The lowest BCUT2D eigenvalue weighted by Gasteiger charge is -2.20. The summed E-state index contributed by atoms with van der Waals surface area (Å²) in [6.45, 7) is 7.49. The minimum atomic E-state index is 0.103. The van der Waals surface area contributed by atoms with Crippen LogP contribution in [0.2, 0.25) is 0 Å². The molecule has 23 heavy (non-hydrogen) atoms. The molecular formula is C18H23N3OS. The number of aryl methyl sites for hydroxylation is 1. The number of carbonyl (C=O) groups is 1. The molecule has 5 heteroatoms. The molecule has 1 aromatic heterocycles. The number of nitrogens with zero attached hydrogens (tertiary/aromatic N) is 2. The van der Waals surface area contributed by atoms with E-state index in [1.807, 2.05) is 13.8 Å². The van der Waals surface area contributed by atoms with E-state index < -0.39 is 0 Å². The van der Waals surface area contributed by atoms with Gasteiger partial charge in [0.2, 0.25) is 5.91 Å². The van der Waals surface area contributed by atoms with E-state index in [2.05, 4.69) is 45.7 Å². The Balaban J connectivity index is 1.72. The molecule has 0 bridgehead atoms. The zero-order valence-corrected chi connectivity index (χ0v) is 14.7. The standard InChI is InChI=1S/C18H23N3OS/c1-4-12(2)19-18(22)10-21-8-7-15-9-14(5-6-17(15)21)16-11-23-13(3)20-16/h5-6,9,11-12H,4,7-8,10H2,1-3H3,(H,19,22)/t12-/m1/s1. The fourth-order valence-electron chi connectivity index (χ4n) is 2.89. The molecule has 1 N–H and O–H groups in total.